The lowest BCUT2D eigenvalue weighted by molar-refractivity contribution is 0.663. The molecule has 0 fully saturated rings. The molecule has 2 nitrogen and oxygen atoms in total. The highest BCUT2D eigenvalue weighted by Gasteiger charge is 2.18. The first-order valence-electron chi connectivity index (χ1n) is 24.5. The summed E-state index contributed by atoms with van der Waals surface area (Å²) >= 11 is 0. The Kier molecular flexibility index (Phi) is 2.60. The van der Waals surface area contributed by atoms with Crippen LogP contribution >= 0.6 is 0 Å². The summed E-state index contributed by atoms with van der Waals surface area (Å²) in [5.74, 6) is 0. The van der Waals surface area contributed by atoms with Crippen molar-refractivity contribution in [2.45, 2.75) is 0 Å². The van der Waals surface area contributed by atoms with Crippen LogP contribution in [0.2, 0.25) is 0 Å². The third kappa shape index (κ3) is 3.65. The highest BCUT2D eigenvalue weighted by Crippen LogP contribution is 2.44. The van der Waals surface area contributed by atoms with Gasteiger partial charge in [-0.25, -0.2) is 0 Å². The Morgan fingerprint density at radius 1 is 0.348 bits per heavy atom. The number of fused-ring (bicyclic) bond motifs is 9. The summed E-state index contributed by atoms with van der Waals surface area (Å²) in [5, 5.41) is -2.09. The van der Waals surface area contributed by atoms with Crippen molar-refractivity contribution >= 4 is 65.4 Å². The lowest BCUT2D eigenvalue weighted by atomic mass is 9.86. The number of benzene rings is 8. The second kappa shape index (κ2) is 9.69. The fourth-order valence-corrected chi connectivity index (χ4v) is 5.95. The molecule has 2 aromatic heterocycles. The topological polar surface area (TPSA) is 26.3 Å². The second-order valence-electron chi connectivity index (χ2n) is 10.4. The number of hydrogen-bond acceptors (Lipinski definition) is 2. The molecule has 0 atom stereocenters. The lowest BCUT2D eigenvalue weighted by Crippen LogP contribution is -1.90. The molecule has 0 saturated carbocycles. The third-order valence-electron chi connectivity index (χ3n) is 7.90. The van der Waals surface area contributed by atoms with Crippen molar-refractivity contribution in [3.05, 3.63) is 157 Å². The molecule has 0 amide bonds. The minimum atomic E-state index is -0.920. The van der Waals surface area contributed by atoms with E-state index in [-0.39, 0.29) is 59.8 Å². The lowest BCUT2D eigenvalue weighted by Gasteiger charge is -2.18. The van der Waals surface area contributed by atoms with Gasteiger partial charge in [-0.15, -0.1) is 0 Å². The summed E-state index contributed by atoms with van der Waals surface area (Å²) < 4.78 is 200. The van der Waals surface area contributed by atoms with E-state index in [0.717, 1.165) is 0 Å². The van der Waals surface area contributed by atoms with E-state index in [0.29, 0.717) is 5.56 Å². The molecule has 46 heavy (non-hydrogen) atoms. The molecule has 8 aromatic carbocycles. The van der Waals surface area contributed by atoms with Gasteiger partial charge in [-0.2, -0.15) is 0 Å². The Morgan fingerprint density at radius 3 is 1.46 bits per heavy atom. The van der Waals surface area contributed by atoms with Crippen molar-refractivity contribution in [2.24, 2.45) is 0 Å². The minimum Gasteiger partial charge on any atom is -0.456 e. The molecular weight excluding hydrogens is 560 g/mol. The van der Waals surface area contributed by atoms with E-state index in [4.69, 9.17) is 25.3 Å². The summed E-state index contributed by atoms with van der Waals surface area (Å²) in [5.41, 5.74) is -3.80. The highest BCUT2D eigenvalue weighted by atomic mass is 16.3. The maximum atomic E-state index is 9.50. The smallest absolute Gasteiger partial charge is 0.136 e. The van der Waals surface area contributed by atoms with Crippen molar-refractivity contribution in [3.63, 3.8) is 0 Å². The summed E-state index contributed by atoms with van der Waals surface area (Å²) in [4.78, 5) is 0. The van der Waals surface area contributed by atoms with Crippen LogP contribution in [-0.4, -0.2) is 0 Å². The van der Waals surface area contributed by atoms with E-state index in [1.54, 1.807) is 30.3 Å². The first-order valence-corrected chi connectivity index (χ1v) is 14.0. The van der Waals surface area contributed by atoms with E-state index in [1.165, 1.54) is 0 Å². The third-order valence-corrected chi connectivity index (χ3v) is 7.90. The Bertz CT molecular complexity index is 3880. The van der Waals surface area contributed by atoms with Gasteiger partial charge in [0.1, 0.15) is 22.3 Å². The molecule has 10 aromatic rings. The van der Waals surface area contributed by atoms with Gasteiger partial charge in [0.05, 0.1) is 28.8 Å². The fraction of sp³-hybridized carbons (Fsp3) is 0. The molecule has 0 radical (unpaired) electrons. The van der Waals surface area contributed by atoms with E-state index < -0.39 is 160 Å². The molecule has 0 saturated heterocycles. The zero-order valence-electron chi connectivity index (χ0n) is 44.2. The predicted molar refractivity (Wildman–Crippen MR) is 192 cm³/mol. The largest absolute Gasteiger partial charge is 0.456 e. The molecule has 0 aliphatic carbocycles. The van der Waals surface area contributed by atoms with Crippen LogP contribution in [0, 0.1) is 0 Å². The van der Waals surface area contributed by atoms with E-state index >= 15 is 0 Å². The Morgan fingerprint density at radius 2 is 0.826 bits per heavy atom. The van der Waals surface area contributed by atoms with Gasteiger partial charge < -0.3 is 8.83 Å². The van der Waals surface area contributed by atoms with Crippen LogP contribution in [0.5, 0.6) is 0 Å². The Balaban J connectivity index is 1.36. The van der Waals surface area contributed by atoms with Gasteiger partial charge in [-0.05, 0) is 85.1 Å². The molecular formula is C44H26O2. The second-order valence-corrected chi connectivity index (χ2v) is 10.4. The van der Waals surface area contributed by atoms with Gasteiger partial charge in [0.25, 0.3) is 0 Å². The minimum absolute atomic E-state index is 0.00513. The SMILES string of the molecule is [2H]c1c([2H])c(-c2c3c([2H])c([2H])c([2H])c([2H])c3c(-c3ccccc3)c3c([2H])c([2H])c([2H])c([2H])c23)c([2H])c([2H])c1-c1c([2H])c([2H])c2c(oc3c([2H])c([2H])c4oc5c([2H])c([2H])c([2H])c([2H])c5c4c32)c1[2H]. The molecule has 0 aliphatic rings. The van der Waals surface area contributed by atoms with E-state index in [2.05, 4.69) is 0 Å². The fourth-order valence-electron chi connectivity index (χ4n) is 5.95. The van der Waals surface area contributed by atoms with Gasteiger partial charge in [0.2, 0.25) is 0 Å². The Hall–Kier alpha value is -6.12. The predicted octanol–water partition coefficient (Wildman–Crippen LogP) is 12.8. The molecule has 10 rings (SSSR count). The number of rotatable bonds is 3. The quantitative estimate of drug-likeness (QED) is 0.187. The summed E-state index contributed by atoms with van der Waals surface area (Å²) in [6.45, 7) is 0. The van der Waals surface area contributed by atoms with Gasteiger partial charge in [-0.3, -0.25) is 0 Å². The van der Waals surface area contributed by atoms with Crippen LogP contribution in [0.3, 0.4) is 0 Å². The van der Waals surface area contributed by atoms with Crippen molar-refractivity contribution in [3.8, 4) is 33.4 Å². The first kappa shape index (κ1) is 12.3. The van der Waals surface area contributed by atoms with Crippen LogP contribution in [-0.2, 0) is 0 Å². The average molecular weight is 608 g/mol. The van der Waals surface area contributed by atoms with Crippen molar-refractivity contribution in [1.29, 1.82) is 0 Å². The highest BCUT2D eigenvalue weighted by molar-refractivity contribution is 6.26. The summed E-state index contributed by atoms with van der Waals surface area (Å²) in [6.07, 6.45) is 0. The zero-order chi connectivity index (χ0) is 48.5. The molecule has 0 spiro atoms. The maximum Gasteiger partial charge on any atom is 0.136 e. The number of hydrogen-bond donors (Lipinski definition) is 0. The molecule has 0 bridgehead atoms. The molecule has 0 unspecified atom stereocenters. The molecule has 0 aliphatic heterocycles. The van der Waals surface area contributed by atoms with Crippen molar-refractivity contribution < 1.29 is 37.6 Å². The van der Waals surface area contributed by atoms with Gasteiger partial charge in [-0.1, -0.05) is 127 Å². The van der Waals surface area contributed by atoms with Crippen LogP contribution in [0.25, 0.3) is 98.8 Å². The maximum absolute atomic E-state index is 9.50. The molecule has 214 valence electrons. The average Bonchev–Trinajstić information content (AvgIpc) is 3.92. The van der Waals surface area contributed by atoms with E-state index in [1.807, 2.05) is 0 Å². The monoisotopic (exact) mass is 607 g/mol. The number of furan rings is 2. The van der Waals surface area contributed by atoms with Crippen molar-refractivity contribution in [2.75, 3.05) is 0 Å². The standard InChI is InChI=1S/C44H26O2/c1-2-10-28(11-3-1)41-31-12-4-6-14-33(31)42(34-15-7-5-13-32(34)41)29-20-18-27(19-21-29)30-22-23-36-40(26-30)46-39-25-24-38-43(44(36)39)35-16-8-9-17-37(35)45-38/h1-26H/i4D,5D,6D,7D,8D,9D,12D,13D,14D,15D,16D,17D,18D,19D,20D,21D,22D,23D,24D,25D,26D. The van der Waals surface area contributed by atoms with Crippen LogP contribution in [0.1, 0.15) is 28.8 Å². The summed E-state index contributed by atoms with van der Waals surface area (Å²) in [6, 6.07) is -7.17. The Labute approximate surface area is 294 Å². The van der Waals surface area contributed by atoms with Crippen LogP contribution in [0.4, 0.5) is 0 Å². The van der Waals surface area contributed by atoms with E-state index in [9.17, 15) is 12.3 Å². The molecule has 2 heterocycles. The summed E-state index contributed by atoms with van der Waals surface area (Å²) in [7, 11) is 0. The van der Waals surface area contributed by atoms with Gasteiger partial charge in [0, 0.05) is 21.5 Å². The van der Waals surface area contributed by atoms with Crippen molar-refractivity contribution in [1.82, 2.24) is 0 Å². The van der Waals surface area contributed by atoms with Gasteiger partial charge >= 0.3 is 0 Å². The first-order chi connectivity index (χ1) is 31.6. The molecule has 0 N–H and O–H groups in total. The molecule has 2 heteroatoms. The van der Waals surface area contributed by atoms with Crippen LogP contribution in [0.15, 0.2) is 166 Å². The normalized spacial score (nSPS) is 18.3. The number of para-hydroxylation sites is 1. The zero-order valence-corrected chi connectivity index (χ0v) is 23.2. The van der Waals surface area contributed by atoms with Crippen LogP contribution < -0.4 is 0 Å². The van der Waals surface area contributed by atoms with Gasteiger partial charge in [0.15, 0.2) is 0 Å².